The molecule has 1 aliphatic carbocycles. The lowest BCUT2D eigenvalue weighted by Gasteiger charge is -2.32. The summed E-state index contributed by atoms with van der Waals surface area (Å²) in [6.07, 6.45) is 4.89. The number of allylic oxidation sites excluding steroid dienone is 1. The van der Waals surface area contributed by atoms with Crippen LogP contribution in [0.15, 0.2) is 60.2 Å². The van der Waals surface area contributed by atoms with E-state index in [9.17, 15) is 0 Å². The number of halogens is 2. The van der Waals surface area contributed by atoms with Gasteiger partial charge >= 0.3 is 0 Å². The van der Waals surface area contributed by atoms with Crippen LogP contribution < -0.4 is 0 Å². The van der Waals surface area contributed by atoms with Crippen LogP contribution in [0.1, 0.15) is 42.9 Å². The fourth-order valence-electron chi connectivity index (χ4n) is 3.66. The second-order valence-electron chi connectivity index (χ2n) is 6.49. The van der Waals surface area contributed by atoms with Gasteiger partial charge in [0.05, 0.1) is 6.04 Å². The second-order valence-corrected chi connectivity index (χ2v) is 6.93. The summed E-state index contributed by atoms with van der Waals surface area (Å²) in [7, 11) is 4.36. The predicted molar refractivity (Wildman–Crippen MR) is 107 cm³/mol. The third-order valence-electron chi connectivity index (χ3n) is 4.66. The highest BCUT2D eigenvalue weighted by molar-refractivity contribution is 6.30. The van der Waals surface area contributed by atoms with Gasteiger partial charge in [-0.2, -0.15) is 0 Å². The van der Waals surface area contributed by atoms with E-state index in [1.165, 1.54) is 36.0 Å². The normalized spacial score (nSPS) is 16.0. The lowest BCUT2D eigenvalue weighted by molar-refractivity contribution is 0.328. The smallest absolute Gasteiger partial charge is 0.0562 e. The molecular weight excluding hydrogens is 337 g/mol. The van der Waals surface area contributed by atoms with Crippen LogP contribution in [-0.2, 0) is 0 Å². The van der Waals surface area contributed by atoms with E-state index in [-0.39, 0.29) is 12.4 Å². The number of hydrogen-bond donors (Lipinski definition) is 0. The number of rotatable bonds is 4. The molecule has 1 atom stereocenters. The molecule has 0 bridgehead atoms. The Morgan fingerprint density at radius 3 is 2.12 bits per heavy atom. The van der Waals surface area contributed by atoms with E-state index >= 15 is 0 Å². The molecule has 0 aliphatic heterocycles. The Morgan fingerprint density at radius 2 is 1.50 bits per heavy atom. The molecule has 0 saturated heterocycles. The summed E-state index contributed by atoms with van der Waals surface area (Å²) in [6, 6.07) is 19.5. The summed E-state index contributed by atoms with van der Waals surface area (Å²) in [4.78, 5) is 2.34. The van der Waals surface area contributed by atoms with Crippen LogP contribution in [0.4, 0.5) is 0 Å². The van der Waals surface area contributed by atoms with Crippen molar-refractivity contribution < 1.29 is 0 Å². The van der Waals surface area contributed by atoms with Crippen molar-refractivity contribution in [1.82, 2.24) is 4.90 Å². The average Bonchev–Trinajstić information content (AvgIpc) is 2.57. The van der Waals surface area contributed by atoms with Crippen molar-refractivity contribution in [2.75, 3.05) is 14.1 Å². The van der Waals surface area contributed by atoms with E-state index in [2.05, 4.69) is 61.5 Å². The van der Waals surface area contributed by atoms with Gasteiger partial charge in [-0.25, -0.2) is 0 Å². The van der Waals surface area contributed by atoms with E-state index < -0.39 is 0 Å². The van der Waals surface area contributed by atoms with E-state index in [0.717, 1.165) is 11.4 Å². The number of nitrogens with zero attached hydrogens (tertiary/aromatic N) is 1. The first kappa shape index (κ1) is 19.1. The van der Waals surface area contributed by atoms with Crippen LogP contribution in [-0.4, -0.2) is 19.0 Å². The van der Waals surface area contributed by atoms with Crippen molar-refractivity contribution in [3.63, 3.8) is 0 Å². The minimum Gasteiger partial charge on any atom is -0.299 e. The standard InChI is InChI=1S/C21H24ClN.ClH/c1-23(2)21(17-8-4-3-5-9-17)20-11-7-6-10-19(20)16-12-14-18(22)15-13-16;/h3-5,8-9,12-15,21H,6-7,10-11H2,1-2H3;1H. The molecule has 1 nitrogen and oxygen atoms in total. The lowest BCUT2D eigenvalue weighted by atomic mass is 9.81. The molecule has 1 unspecified atom stereocenters. The van der Waals surface area contributed by atoms with Crippen LogP contribution in [0.3, 0.4) is 0 Å². The van der Waals surface area contributed by atoms with Gasteiger partial charge < -0.3 is 0 Å². The molecule has 0 fully saturated rings. The van der Waals surface area contributed by atoms with Gasteiger partial charge in [-0.05, 0) is 74.2 Å². The molecule has 2 aromatic rings. The summed E-state index contributed by atoms with van der Waals surface area (Å²) in [6.45, 7) is 0. The van der Waals surface area contributed by atoms with Crippen molar-refractivity contribution in [2.45, 2.75) is 31.7 Å². The third-order valence-corrected chi connectivity index (χ3v) is 4.92. The molecule has 3 rings (SSSR count). The van der Waals surface area contributed by atoms with Crippen molar-refractivity contribution in [1.29, 1.82) is 0 Å². The van der Waals surface area contributed by atoms with E-state index in [1.54, 1.807) is 5.57 Å². The Hall–Kier alpha value is -1.28. The molecule has 0 N–H and O–H groups in total. The van der Waals surface area contributed by atoms with Crippen LogP contribution in [0.5, 0.6) is 0 Å². The van der Waals surface area contributed by atoms with Crippen LogP contribution >= 0.6 is 24.0 Å². The zero-order valence-electron chi connectivity index (χ0n) is 14.3. The summed E-state index contributed by atoms with van der Waals surface area (Å²) < 4.78 is 0. The molecule has 24 heavy (non-hydrogen) atoms. The lowest BCUT2D eigenvalue weighted by Crippen LogP contribution is -2.24. The highest BCUT2D eigenvalue weighted by Gasteiger charge is 2.25. The highest BCUT2D eigenvalue weighted by atomic mass is 35.5. The third kappa shape index (κ3) is 4.22. The molecule has 2 aromatic carbocycles. The molecule has 1 aliphatic rings. The summed E-state index contributed by atoms with van der Waals surface area (Å²) in [5, 5.41) is 0.805. The van der Waals surface area contributed by atoms with Gasteiger partial charge in [0, 0.05) is 5.02 Å². The highest BCUT2D eigenvalue weighted by Crippen LogP contribution is 2.41. The number of benzene rings is 2. The zero-order valence-corrected chi connectivity index (χ0v) is 15.9. The van der Waals surface area contributed by atoms with Gasteiger partial charge in [-0.15, -0.1) is 12.4 Å². The maximum absolute atomic E-state index is 6.07. The van der Waals surface area contributed by atoms with Crippen molar-refractivity contribution >= 4 is 29.6 Å². The molecule has 128 valence electrons. The summed E-state index contributed by atoms with van der Waals surface area (Å²) in [5.74, 6) is 0. The van der Waals surface area contributed by atoms with Gasteiger partial charge in [0.15, 0.2) is 0 Å². The molecule has 0 spiro atoms. The SMILES string of the molecule is CN(C)C(C1=C(c2ccc(Cl)cc2)CCCC1)c1ccccc1.Cl. The van der Waals surface area contributed by atoms with Crippen LogP contribution in [0, 0.1) is 0 Å². The summed E-state index contributed by atoms with van der Waals surface area (Å²) >= 11 is 6.07. The Labute approximate surface area is 156 Å². The first-order valence-electron chi connectivity index (χ1n) is 8.36. The molecule has 0 radical (unpaired) electrons. The van der Waals surface area contributed by atoms with Crippen molar-refractivity contribution in [3.05, 3.63) is 76.3 Å². The molecule has 0 heterocycles. The topological polar surface area (TPSA) is 3.24 Å². The summed E-state index contributed by atoms with van der Waals surface area (Å²) in [5.41, 5.74) is 5.78. The Kier molecular flexibility index (Phi) is 6.91. The maximum Gasteiger partial charge on any atom is 0.0562 e. The molecule has 0 amide bonds. The Morgan fingerprint density at radius 1 is 0.875 bits per heavy atom. The Balaban J connectivity index is 0.00000208. The van der Waals surface area contributed by atoms with Gasteiger partial charge in [0.2, 0.25) is 0 Å². The van der Waals surface area contributed by atoms with Crippen molar-refractivity contribution in [2.24, 2.45) is 0 Å². The molecule has 3 heteroatoms. The van der Waals surface area contributed by atoms with E-state index in [1.807, 2.05) is 12.1 Å². The fraction of sp³-hybridized carbons (Fsp3) is 0.333. The largest absolute Gasteiger partial charge is 0.299 e. The van der Waals surface area contributed by atoms with E-state index in [0.29, 0.717) is 6.04 Å². The zero-order chi connectivity index (χ0) is 16.2. The average molecular weight is 362 g/mol. The van der Waals surface area contributed by atoms with Gasteiger partial charge in [0.25, 0.3) is 0 Å². The minimum absolute atomic E-state index is 0. The first-order chi connectivity index (χ1) is 11.2. The van der Waals surface area contributed by atoms with Gasteiger partial charge in [-0.1, -0.05) is 54.1 Å². The Bertz CT molecular complexity index is 675. The maximum atomic E-state index is 6.07. The fourth-order valence-corrected chi connectivity index (χ4v) is 3.78. The van der Waals surface area contributed by atoms with Crippen molar-refractivity contribution in [3.8, 4) is 0 Å². The quantitative estimate of drug-likeness (QED) is 0.609. The molecule has 0 saturated carbocycles. The predicted octanol–water partition coefficient (Wildman–Crippen LogP) is 6.39. The minimum atomic E-state index is 0. The number of likely N-dealkylation sites (N-methyl/N-ethyl adjacent to an activating group) is 1. The molecular formula is C21H25Cl2N. The molecule has 0 aromatic heterocycles. The van der Waals surface area contributed by atoms with Gasteiger partial charge in [-0.3, -0.25) is 4.90 Å². The van der Waals surface area contributed by atoms with Crippen LogP contribution in [0.2, 0.25) is 5.02 Å². The van der Waals surface area contributed by atoms with Crippen LogP contribution in [0.25, 0.3) is 5.57 Å². The monoisotopic (exact) mass is 361 g/mol. The van der Waals surface area contributed by atoms with E-state index in [4.69, 9.17) is 11.6 Å². The van der Waals surface area contributed by atoms with Gasteiger partial charge in [0.1, 0.15) is 0 Å². The second kappa shape index (κ2) is 8.71. The first-order valence-corrected chi connectivity index (χ1v) is 8.74. The number of hydrogen-bond acceptors (Lipinski definition) is 1.